The average molecular weight is 347 g/mol. The van der Waals surface area contributed by atoms with Crippen molar-refractivity contribution in [1.82, 2.24) is 9.55 Å². The molecule has 0 bridgehead atoms. The molecule has 0 saturated heterocycles. The molecule has 26 heavy (non-hydrogen) atoms. The van der Waals surface area contributed by atoms with Crippen LogP contribution in [0.1, 0.15) is 23.9 Å². The molecule has 1 aromatic carbocycles. The Morgan fingerprint density at radius 3 is 2.85 bits per heavy atom. The Morgan fingerprint density at radius 1 is 1.19 bits per heavy atom. The summed E-state index contributed by atoms with van der Waals surface area (Å²) in [6.07, 6.45) is 3.60. The topological polar surface area (TPSA) is 56.5 Å². The minimum Gasteiger partial charge on any atom is -0.466 e. The molecule has 3 aromatic rings. The molecule has 5 nitrogen and oxygen atoms in total. The zero-order valence-electron chi connectivity index (χ0n) is 14.8. The summed E-state index contributed by atoms with van der Waals surface area (Å²) in [4.78, 5) is 21.3. The van der Waals surface area contributed by atoms with Crippen molar-refractivity contribution < 1.29 is 9.53 Å². The van der Waals surface area contributed by atoms with Gasteiger partial charge in [0, 0.05) is 42.4 Å². The largest absolute Gasteiger partial charge is 0.466 e. The van der Waals surface area contributed by atoms with Crippen LogP contribution in [-0.4, -0.2) is 34.5 Å². The first-order valence-corrected chi connectivity index (χ1v) is 8.98. The molecular formula is C21H21N3O2. The summed E-state index contributed by atoms with van der Waals surface area (Å²) in [6.45, 7) is 2.97. The van der Waals surface area contributed by atoms with Crippen molar-refractivity contribution in [2.45, 2.75) is 26.2 Å². The summed E-state index contributed by atoms with van der Waals surface area (Å²) in [5.74, 6) is 0.803. The minimum absolute atomic E-state index is 0.180. The molecule has 0 unspecified atom stereocenters. The third-order valence-electron chi connectivity index (χ3n) is 4.68. The molecule has 0 fully saturated rings. The second kappa shape index (κ2) is 7.12. The van der Waals surface area contributed by atoms with Crippen LogP contribution in [0.15, 0.2) is 53.7 Å². The van der Waals surface area contributed by atoms with Crippen LogP contribution < -0.4 is 0 Å². The highest BCUT2D eigenvalue weighted by Crippen LogP contribution is 2.30. The fraction of sp³-hybridized carbons (Fsp3) is 0.286. The van der Waals surface area contributed by atoms with Crippen LogP contribution in [0.4, 0.5) is 0 Å². The van der Waals surface area contributed by atoms with Crippen LogP contribution >= 0.6 is 0 Å². The van der Waals surface area contributed by atoms with Crippen molar-refractivity contribution in [1.29, 1.82) is 0 Å². The van der Waals surface area contributed by atoms with Gasteiger partial charge in [0.1, 0.15) is 5.84 Å². The summed E-state index contributed by atoms with van der Waals surface area (Å²) in [5.41, 5.74) is 4.31. The Morgan fingerprint density at radius 2 is 2.04 bits per heavy atom. The molecule has 0 N–H and O–H groups in total. The Labute approximate surface area is 152 Å². The number of hydrogen-bond acceptors (Lipinski definition) is 4. The number of esters is 1. The van der Waals surface area contributed by atoms with E-state index >= 15 is 0 Å². The van der Waals surface area contributed by atoms with Gasteiger partial charge < -0.3 is 9.30 Å². The van der Waals surface area contributed by atoms with Gasteiger partial charge >= 0.3 is 5.97 Å². The number of carbonyl (C=O) groups is 1. The molecule has 0 spiro atoms. The minimum atomic E-state index is -0.180. The maximum atomic E-state index is 12.1. The van der Waals surface area contributed by atoms with Gasteiger partial charge in [-0.1, -0.05) is 24.3 Å². The summed E-state index contributed by atoms with van der Waals surface area (Å²) in [7, 11) is 0. The number of carbonyl (C=O) groups excluding carboxylic acids is 1. The van der Waals surface area contributed by atoms with Crippen molar-refractivity contribution in [3.05, 3.63) is 65.6 Å². The summed E-state index contributed by atoms with van der Waals surface area (Å²) >= 11 is 0. The smallest absolute Gasteiger partial charge is 0.310 e. The van der Waals surface area contributed by atoms with E-state index in [-0.39, 0.29) is 5.97 Å². The van der Waals surface area contributed by atoms with Gasteiger partial charge in [0.2, 0.25) is 0 Å². The number of hydrogen-bond donors (Lipinski definition) is 0. The second-order valence-corrected chi connectivity index (χ2v) is 6.31. The molecule has 0 saturated carbocycles. The van der Waals surface area contributed by atoms with Gasteiger partial charge in [-0.3, -0.25) is 14.8 Å². The monoisotopic (exact) mass is 347 g/mol. The molecule has 3 heterocycles. The van der Waals surface area contributed by atoms with Crippen LogP contribution in [0.3, 0.4) is 0 Å². The highest BCUT2D eigenvalue weighted by atomic mass is 16.5. The van der Waals surface area contributed by atoms with E-state index in [0.717, 1.165) is 41.0 Å². The first-order chi connectivity index (χ1) is 12.8. The first kappa shape index (κ1) is 16.5. The van der Waals surface area contributed by atoms with E-state index in [1.54, 1.807) is 6.20 Å². The number of benzene rings is 1. The van der Waals surface area contributed by atoms with Crippen LogP contribution in [0.2, 0.25) is 0 Å². The van der Waals surface area contributed by atoms with Crippen LogP contribution in [0.25, 0.3) is 10.9 Å². The van der Waals surface area contributed by atoms with Gasteiger partial charge in [-0.25, -0.2) is 0 Å². The molecule has 5 heteroatoms. The number of rotatable bonds is 5. The van der Waals surface area contributed by atoms with Crippen molar-refractivity contribution in [3.63, 3.8) is 0 Å². The van der Waals surface area contributed by atoms with Crippen LogP contribution in [0, 0.1) is 0 Å². The van der Waals surface area contributed by atoms with Crippen molar-refractivity contribution >= 4 is 22.7 Å². The van der Waals surface area contributed by atoms with Crippen molar-refractivity contribution in [2.75, 3.05) is 13.2 Å². The van der Waals surface area contributed by atoms with Gasteiger partial charge in [0.15, 0.2) is 0 Å². The fourth-order valence-electron chi connectivity index (χ4n) is 3.63. The number of aromatic nitrogens is 2. The molecule has 4 rings (SSSR count). The standard InChI is InChI=1S/C21H21N3O2/c1-2-26-21(25)14-17-16-8-3-4-9-18(16)24-19(17)10-12-23-20(24)13-15-7-5-6-11-22-15/h3-9,11H,2,10,12-14H2,1H3. The third kappa shape index (κ3) is 3.01. The lowest BCUT2D eigenvalue weighted by molar-refractivity contribution is -0.142. The molecule has 0 amide bonds. The normalized spacial score (nSPS) is 13.3. The maximum Gasteiger partial charge on any atom is 0.310 e. The number of aliphatic imine (C=N–C) groups is 1. The molecule has 0 atom stereocenters. The Bertz CT molecular complexity index is 974. The van der Waals surface area contributed by atoms with E-state index in [0.29, 0.717) is 19.4 Å². The number of para-hydroxylation sites is 1. The van der Waals surface area contributed by atoms with Gasteiger partial charge in [-0.05, 0) is 30.7 Å². The summed E-state index contributed by atoms with van der Waals surface area (Å²) in [6, 6.07) is 14.1. The Balaban J connectivity index is 1.79. The lowest BCUT2D eigenvalue weighted by Crippen LogP contribution is -2.24. The molecule has 0 radical (unpaired) electrons. The van der Waals surface area contributed by atoms with E-state index in [1.165, 1.54) is 5.69 Å². The summed E-state index contributed by atoms with van der Waals surface area (Å²) < 4.78 is 7.40. The SMILES string of the molecule is CCOC(=O)Cc1c2n(c3ccccc13)C(Cc1ccccn1)=NCC2. The Hall–Kier alpha value is -2.95. The zero-order chi connectivity index (χ0) is 17.9. The number of fused-ring (bicyclic) bond motifs is 3. The Kier molecular flexibility index (Phi) is 4.52. The van der Waals surface area contributed by atoms with E-state index < -0.39 is 0 Å². The first-order valence-electron chi connectivity index (χ1n) is 8.98. The molecule has 132 valence electrons. The quantitative estimate of drug-likeness (QED) is 0.666. The highest BCUT2D eigenvalue weighted by Gasteiger charge is 2.24. The third-order valence-corrected chi connectivity index (χ3v) is 4.68. The van der Waals surface area contributed by atoms with Gasteiger partial charge in [0.25, 0.3) is 0 Å². The lowest BCUT2D eigenvalue weighted by Gasteiger charge is -2.19. The van der Waals surface area contributed by atoms with Crippen molar-refractivity contribution in [2.24, 2.45) is 4.99 Å². The zero-order valence-corrected chi connectivity index (χ0v) is 14.8. The fourth-order valence-corrected chi connectivity index (χ4v) is 3.63. The predicted molar refractivity (Wildman–Crippen MR) is 102 cm³/mol. The maximum absolute atomic E-state index is 12.1. The molecule has 2 aromatic heterocycles. The van der Waals surface area contributed by atoms with E-state index in [4.69, 9.17) is 9.73 Å². The molecular weight excluding hydrogens is 326 g/mol. The van der Waals surface area contributed by atoms with E-state index in [1.807, 2.05) is 37.3 Å². The molecule has 0 aliphatic carbocycles. The van der Waals surface area contributed by atoms with E-state index in [9.17, 15) is 4.79 Å². The molecule has 1 aliphatic rings. The van der Waals surface area contributed by atoms with Gasteiger partial charge in [-0.2, -0.15) is 0 Å². The number of nitrogens with zero attached hydrogens (tertiary/aromatic N) is 3. The summed E-state index contributed by atoms with van der Waals surface area (Å²) in [5, 5.41) is 1.10. The number of ether oxygens (including phenoxy) is 1. The lowest BCUT2D eigenvalue weighted by atomic mass is 10.1. The van der Waals surface area contributed by atoms with Gasteiger partial charge in [-0.15, -0.1) is 0 Å². The highest BCUT2D eigenvalue weighted by molar-refractivity contribution is 6.00. The van der Waals surface area contributed by atoms with Crippen LogP contribution in [-0.2, 0) is 28.8 Å². The van der Waals surface area contributed by atoms with Crippen LogP contribution in [0.5, 0.6) is 0 Å². The second-order valence-electron chi connectivity index (χ2n) is 6.31. The van der Waals surface area contributed by atoms with Gasteiger partial charge in [0.05, 0.1) is 18.5 Å². The average Bonchev–Trinajstić information content (AvgIpc) is 2.98. The molecule has 1 aliphatic heterocycles. The van der Waals surface area contributed by atoms with E-state index in [2.05, 4.69) is 21.7 Å². The number of pyridine rings is 1. The van der Waals surface area contributed by atoms with Crippen molar-refractivity contribution in [3.8, 4) is 0 Å². The predicted octanol–water partition coefficient (Wildman–Crippen LogP) is 3.19.